The van der Waals surface area contributed by atoms with Gasteiger partial charge in [0.25, 0.3) is 0 Å². The fourth-order valence-corrected chi connectivity index (χ4v) is 2.73. The molecule has 0 atom stereocenters. The van der Waals surface area contributed by atoms with Gasteiger partial charge in [-0.1, -0.05) is 51.8 Å². The molecule has 0 aliphatic heterocycles. The lowest BCUT2D eigenvalue weighted by Gasteiger charge is -2.09. The van der Waals surface area contributed by atoms with E-state index in [1.165, 1.54) is 57.4 Å². The highest BCUT2D eigenvalue weighted by Crippen LogP contribution is 2.36. The third kappa shape index (κ3) is 10.2. The Morgan fingerprint density at radius 3 is 2.57 bits per heavy atom. The SMILES string of the molecule is CC.CCCCC/C=C/C1(NCO)CC1.Cc1ccc(F)c(OCC2CC2)c1.[HH]. The Kier molecular flexibility index (Phi) is 12.1. The molecule has 1 aromatic carbocycles. The normalized spacial score (nSPS) is 16.6. The van der Waals surface area contributed by atoms with Gasteiger partial charge in [-0.15, -0.1) is 0 Å². The maximum absolute atomic E-state index is 13.1. The molecule has 2 aliphatic carbocycles. The van der Waals surface area contributed by atoms with Crippen molar-refractivity contribution in [1.29, 1.82) is 0 Å². The first-order valence-corrected chi connectivity index (χ1v) is 11.0. The van der Waals surface area contributed by atoms with E-state index in [4.69, 9.17) is 9.84 Å². The lowest BCUT2D eigenvalue weighted by Crippen LogP contribution is -2.29. The van der Waals surface area contributed by atoms with Gasteiger partial charge < -0.3 is 9.84 Å². The molecule has 0 saturated heterocycles. The fraction of sp³-hybridized carbons (Fsp3) is 0.667. The number of halogens is 1. The Hall–Kier alpha value is -1.39. The van der Waals surface area contributed by atoms with Crippen molar-refractivity contribution in [3.05, 3.63) is 41.7 Å². The summed E-state index contributed by atoms with van der Waals surface area (Å²) in [7, 11) is 0. The highest BCUT2D eigenvalue weighted by molar-refractivity contribution is 5.29. The Labute approximate surface area is 172 Å². The number of rotatable bonds is 10. The Morgan fingerprint density at radius 1 is 1.29 bits per heavy atom. The minimum atomic E-state index is -0.258. The molecule has 1 aromatic rings. The van der Waals surface area contributed by atoms with Gasteiger partial charge in [0, 0.05) is 6.97 Å². The standard InChI is InChI=1S/C11H13FO.C11H21NO.C2H6.H2/c1-8-2-5-10(12)11(6-8)13-7-9-3-4-9;1-2-3-4-5-6-7-11(8-9-11)12-10-13;1-2;/h2,5-6,9H,3-4,7H2,1H3;6-7,12-13H,2-5,8-10H2,1H3;1-2H3;1H/b;7-6+;;. The van der Waals surface area contributed by atoms with Gasteiger partial charge in [-0.2, -0.15) is 0 Å². The number of aliphatic hydroxyl groups excluding tert-OH is 1. The molecule has 2 aliphatic rings. The number of benzene rings is 1. The molecule has 0 aromatic heterocycles. The molecule has 3 nitrogen and oxygen atoms in total. The second-order valence-corrected chi connectivity index (χ2v) is 7.58. The van der Waals surface area contributed by atoms with Crippen LogP contribution in [0, 0.1) is 18.7 Å². The topological polar surface area (TPSA) is 41.5 Å². The smallest absolute Gasteiger partial charge is 0.165 e. The highest BCUT2D eigenvalue weighted by atomic mass is 19.1. The largest absolute Gasteiger partial charge is 0.490 e. The van der Waals surface area contributed by atoms with Gasteiger partial charge in [-0.25, -0.2) is 4.39 Å². The van der Waals surface area contributed by atoms with Crippen LogP contribution in [0.15, 0.2) is 30.4 Å². The molecule has 0 unspecified atom stereocenters. The van der Waals surface area contributed by atoms with Crippen LogP contribution in [0.3, 0.4) is 0 Å². The first-order chi connectivity index (χ1) is 13.6. The summed E-state index contributed by atoms with van der Waals surface area (Å²) in [4.78, 5) is 0. The molecule has 162 valence electrons. The molecule has 0 radical (unpaired) electrons. The molecular formula is C24H42FNO2. The zero-order chi connectivity index (χ0) is 20.8. The third-order valence-corrected chi connectivity index (χ3v) is 4.89. The molecule has 2 saturated carbocycles. The maximum Gasteiger partial charge on any atom is 0.165 e. The minimum Gasteiger partial charge on any atom is -0.490 e. The van der Waals surface area contributed by atoms with Crippen LogP contribution in [0.1, 0.15) is 79.1 Å². The Morgan fingerprint density at radius 2 is 2.00 bits per heavy atom. The number of unbranched alkanes of at least 4 members (excludes halogenated alkanes) is 3. The van der Waals surface area contributed by atoms with Crippen LogP contribution in [0.2, 0.25) is 0 Å². The molecule has 4 heteroatoms. The molecule has 0 bridgehead atoms. The second-order valence-electron chi connectivity index (χ2n) is 7.58. The van der Waals surface area contributed by atoms with Crippen molar-refractivity contribution in [2.24, 2.45) is 5.92 Å². The van der Waals surface area contributed by atoms with E-state index < -0.39 is 0 Å². The first kappa shape index (κ1) is 24.6. The van der Waals surface area contributed by atoms with E-state index >= 15 is 0 Å². The van der Waals surface area contributed by atoms with Crippen molar-refractivity contribution in [2.75, 3.05) is 13.3 Å². The van der Waals surface area contributed by atoms with Crippen molar-refractivity contribution in [3.8, 4) is 5.75 Å². The lowest BCUT2D eigenvalue weighted by molar-refractivity contribution is 0.246. The van der Waals surface area contributed by atoms with Crippen LogP contribution in [0.4, 0.5) is 4.39 Å². The monoisotopic (exact) mass is 395 g/mol. The number of hydrogen-bond donors (Lipinski definition) is 2. The zero-order valence-corrected chi connectivity index (χ0v) is 18.3. The average molecular weight is 396 g/mol. The van der Waals surface area contributed by atoms with E-state index in [9.17, 15) is 4.39 Å². The van der Waals surface area contributed by atoms with Gasteiger partial charge in [0.1, 0.15) is 0 Å². The molecule has 2 N–H and O–H groups in total. The number of ether oxygens (including phenoxy) is 1. The van der Waals surface area contributed by atoms with E-state index in [2.05, 4.69) is 24.4 Å². The van der Waals surface area contributed by atoms with E-state index in [0.717, 1.165) is 5.56 Å². The summed E-state index contributed by atoms with van der Waals surface area (Å²) in [5.41, 5.74) is 1.20. The van der Waals surface area contributed by atoms with E-state index in [1.54, 1.807) is 12.1 Å². The highest BCUT2D eigenvalue weighted by Gasteiger charge is 2.38. The summed E-state index contributed by atoms with van der Waals surface area (Å²) in [6, 6.07) is 4.95. The summed E-state index contributed by atoms with van der Waals surface area (Å²) >= 11 is 0. The van der Waals surface area contributed by atoms with E-state index in [1.807, 2.05) is 20.8 Å². The summed E-state index contributed by atoms with van der Waals surface area (Å²) in [6.07, 6.45) is 14.4. The number of aryl methyl sites for hydroxylation is 1. The summed E-state index contributed by atoms with van der Waals surface area (Å²) in [5.74, 6) is 0.804. The molecule has 0 heterocycles. The summed E-state index contributed by atoms with van der Waals surface area (Å²) in [6.45, 7) is 8.92. The lowest BCUT2D eigenvalue weighted by atomic mass is 10.1. The second kappa shape index (κ2) is 13.7. The molecular weight excluding hydrogens is 353 g/mol. The Balaban J connectivity index is 0.000000483. The van der Waals surface area contributed by atoms with Gasteiger partial charge >= 0.3 is 0 Å². The number of allylic oxidation sites excluding steroid dienone is 1. The van der Waals surface area contributed by atoms with Crippen molar-refractivity contribution >= 4 is 0 Å². The number of nitrogens with one attached hydrogen (secondary N) is 1. The molecule has 3 rings (SSSR count). The predicted octanol–water partition coefficient (Wildman–Crippen LogP) is 6.39. The predicted molar refractivity (Wildman–Crippen MR) is 118 cm³/mol. The molecule has 28 heavy (non-hydrogen) atoms. The first-order valence-electron chi connectivity index (χ1n) is 11.0. The third-order valence-electron chi connectivity index (χ3n) is 4.89. The fourth-order valence-electron chi connectivity index (χ4n) is 2.73. The van der Waals surface area contributed by atoms with Gasteiger partial charge in [0.15, 0.2) is 11.6 Å². The Bertz CT molecular complexity index is 572. The number of aliphatic hydroxyl groups is 1. The van der Waals surface area contributed by atoms with Crippen LogP contribution < -0.4 is 10.1 Å². The summed E-state index contributed by atoms with van der Waals surface area (Å²) in [5, 5.41) is 11.8. The quantitative estimate of drug-likeness (QED) is 0.274. The van der Waals surface area contributed by atoms with Crippen molar-refractivity contribution in [3.63, 3.8) is 0 Å². The van der Waals surface area contributed by atoms with Crippen LogP contribution >= 0.6 is 0 Å². The average Bonchev–Trinajstić information content (AvgIpc) is 3.62. The van der Waals surface area contributed by atoms with Crippen LogP contribution in [0.5, 0.6) is 5.75 Å². The number of hydrogen-bond acceptors (Lipinski definition) is 3. The van der Waals surface area contributed by atoms with E-state index in [0.29, 0.717) is 18.3 Å². The van der Waals surface area contributed by atoms with Crippen LogP contribution in [0.25, 0.3) is 0 Å². The summed E-state index contributed by atoms with van der Waals surface area (Å²) < 4.78 is 18.5. The minimum absolute atomic E-state index is 0. The molecule has 0 amide bonds. The van der Waals surface area contributed by atoms with Gasteiger partial charge in [-0.3, -0.25) is 5.32 Å². The molecule has 2 fully saturated rings. The van der Waals surface area contributed by atoms with Gasteiger partial charge in [0.2, 0.25) is 0 Å². The molecule has 0 spiro atoms. The van der Waals surface area contributed by atoms with Gasteiger partial charge in [0.05, 0.1) is 13.3 Å². The van der Waals surface area contributed by atoms with Crippen molar-refractivity contribution < 1.29 is 15.7 Å². The van der Waals surface area contributed by atoms with Crippen LogP contribution in [-0.4, -0.2) is 24.0 Å². The van der Waals surface area contributed by atoms with Crippen molar-refractivity contribution in [2.45, 2.75) is 84.6 Å². The van der Waals surface area contributed by atoms with Gasteiger partial charge in [-0.05, 0) is 69.1 Å². The van der Waals surface area contributed by atoms with E-state index in [-0.39, 0.29) is 19.5 Å². The van der Waals surface area contributed by atoms with Crippen LogP contribution in [-0.2, 0) is 0 Å². The maximum atomic E-state index is 13.1. The van der Waals surface area contributed by atoms with Crippen molar-refractivity contribution in [1.82, 2.24) is 5.32 Å². The zero-order valence-electron chi connectivity index (χ0n) is 18.3.